The molecule has 70 valence electrons. The second-order valence-corrected chi connectivity index (χ2v) is 4.37. The Hall–Kier alpha value is -0.970. The number of carboxylic acids is 1. The molecule has 2 fully saturated rings. The molecule has 0 aliphatic heterocycles. The number of hydrogen-bond acceptors (Lipinski definition) is 1. The standard InChI is InChI=1S/C11H14O2/c12-10(13)4-3-9-2-1-5-11(8-9)6-7-11/h9H,1-2,5-8H2,(H,12,13). The molecule has 0 radical (unpaired) electrons. The Kier molecular flexibility index (Phi) is 2.03. The summed E-state index contributed by atoms with van der Waals surface area (Å²) in [6.45, 7) is 0. The van der Waals surface area contributed by atoms with Gasteiger partial charge in [-0.2, -0.15) is 0 Å². The maximum atomic E-state index is 10.2. The van der Waals surface area contributed by atoms with Gasteiger partial charge in [0.25, 0.3) is 0 Å². The van der Waals surface area contributed by atoms with E-state index in [4.69, 9.17) is 5.11 Å². The van der Waals surface area contributed by atoms with Crippen LogP contribution in [0.15, 0.2) is 0 Å². The van der Waals surface area contributed by atoms with Crippen LogP contribution < -0.4 is 0 Å². The van der Waals surface area contributed by atoms with Crippen LogP contribution in [-0.4, -0.2) is 11.1 Å². The normalized spacial score (nSPS) is 29.1. The summed E-state index contributed by atoms with van der Waals surface area (Å²) in [5.74, 6) is 4.48. The third kappa shape index (κ3) is 2.03. The average Bonchev–Trinajstić information content (AvgIpc) is 2.82. The number of aliphatic carboxylic acids is 1. The van der Waals surface area contributed by atoms with Gasteiger partial charge in [-0.05, 0) is 37.5 Å². The van der Waals surface area contributed by atoms with Crippen molar-refractivity contribution in [2.45, 2.75) is 38.5 Å². The maximum absolute atomic E-state index is 10.2. The number of rotatable bonds is 0. The van der Waals surface area contributed by atoms with Gasteiger partial charge < -0.3 is 5.11 Å². The first-order valence-corrected chi connectivity index (χ1v) is 4.95. The lowest BCUT2D eigenvalue weighted by Gasteiger charge is -2.25. The van der Waals surface area contributed by atoms with E-state index < -0.39 is 5.97 Å². The van der Waals surface area contributed by atoms with E-state index in [-0.39, 0.29) is 0 Å². The van der Waals surface area contributed by atoms with Crippen molar-refractivity contribution in [3.63, 3.8) is 0 Å². The van der Waals surface area contributed by atoms with Gasteiger partial charge in [0.1, 0.15) is 0 Å². The van der Waals surface area contributed by atoms with Crippen molar-refractivity contribution >= 4 is 5.97 Å². The Morgan fingerprint density at radius 3 is 2.77 bits per heavy atom. The summed E-state index contributed by atoms with van der Waals surface area (Å²) in [5, 5.41) is 8.42. The summed E-state index contributed by atoms with van der Waals surface area (Å²) < 4.78 is 0. The van der Waals surface area contributed by atoms with Gasteiger partial charge in [0.2, 0.25) is 0 Å². The van der Waals surface area contributed by atoms with Crippen molar-refractivity contribution in [3.8, 4) is 11.8 Å². The Balaban J connectivity index is 1.94. The van der Waals surface area contributed by atoms with Gasteiger partial charge >= 0.3 is 5.97 Å². The molecule has 0 aromatic rings. The van der Waals surface area contributed by atoms with E-state index in [1.165, 1.54) is 25.7 Å². The first kappa shape index (κ1) is 8.62. The first-order valence-electron chi connectivity index (χ1n) is 4.95. The zero-order valence-electron chi connectivity index (χ0n) is 7.68. The van der Waals surface area contributed by atoms with Gasteiger partial charge in [-0.25, -0.2) is 4.79 Å². The molecule has 2 heteroatoms. The van der Waals surface area contributed by atoms with Crippen LogP contribution in [0.4, 0.5) is 0 Å². The molecule has 1 spiro atoms. The fourth-order valence-corrected chi connectivity index (χ4v) is 2.37. The molecule has 2 nitrogen and oxygen atoms in total. The molecule has 0 aromatic carbocycles. The van der Waals surface area contributed by atoms with E-state index in [2.05, 4.69) is 11.8 Å². The van der Waals surface area contributed by atoms with Crippen LogP contribution in [-0.2, 0) is 4.79 Å². The molecule has 1 N–H and O–H groups in total. The second-order valence-electron chi connectivity index (χ2n) is 4.37. The molecular weight excluding hydrogens is 164 g/mol. The van der Waals surface area contributed by atoms with Crippen LogP contribution in [0.1, 0.15) is 38.5 Å². The number of carbonyl (C=O) groups is 1. The molecule has 0 saturated heterocycles. The number of hydrogen-bond donors (Lipinski definition) is 1. The largest absolute Gasteiger partial charge is 0.472 e. The van der Waals surface area contributed by atoms with Crippen LogP contribution >= 0.6 is 0 Å². The Morgan fingerprint density at radius 2 is 2.15 bits per heavy atom. The molecule has 0 heterocycles. The second kappa shape index (κ2) is 3.06. The molecule has 1 atom stereocenters. The highest BCUT2D eigenvalue weighted by Crippen LogP contribution is 2.57. The van der Waals surface area contributed by atoms with Crippen molar-refractivity contribution in [2.75, 3.05) is 0 Å². The Bertz CT molecular complexity index is 278. The summed E-state index contributed by atoms with van der Waals surface area (Å²) in [6, 6.07) is 0. The fraction of sp³-hybridized carbons (Fsp3) is 0.727. The van der Waals surface area contributed by atoms with Crippen molar-refractivity contribution < 1.29 is 9.90 Å². The van der Waals surface area contributed by atoms with E-state index >= 15 is 0 Å². The smallest absolute Gasteiger partial charge is 0.381 e. The fourth-order valence-electron chi connectivity index (χ4n) is 2.37. The van der Waals surface area contributed by atoms with Crippen LogP contribution in [0.3, 0.4) is 0 Å². The van der Waals surface area contributed by atoms with Crippen molar-refractivity contribution in [2.24, 2.45) is 11.3 Å². The van der Waals surface area contributed by atoms with E-state index in [9.17, 15) is 4.79 Å². The lowest BCUT2D eigenvalue weighted by Crippen LogP contribution is -2.15. The van der Waals surface area contributed by atoms with Gasteiger partial charge in [-0.1, -0.05) is 12.3 Å². The summed E-state index contributed by atoms with van der Waals surface area (Å²) in [7, 11) is 0. The summed E-state index contributed by atoms with van der Waals surface area (Å²) in [6.07, 6.45) is 7.52. The molecule has 0 bridgehead atoms. The van der Waals surface area contributed by atoms with Gasteiger partial charge in [-0.15, -0.1) is 0 Å². The molecule has 2 aliphatic carbocycles. The Morgan fingerprint density at radius 1 is 1.38 bits per heavy atom. The van der Waals surface area contributed by atoms with Gasteiger partial charge in [0, 0.05) is 11.8 Å². The Labute approximate surface area is 78.3 Å². The highest BCUT2D eigenvalue weighted by molar-refractivity contribution is 5.86. The average molecular weight is 178 g/mol. The van der Waals surface area contributed by atoms with E-state index in [0.717, 1.165) is 12.8 Å². The highest BCUT2D eigenvalue weighted by Gasteiger charge is 2.45. The van der Waals surface area contributed by atoms with E-state index in [1.54, 1.807) is 0 Å². The quantitative estimate of drug-likeness (QED) is 0.576. The third-order valence-corrected chi connectivity index (χ3v) is 3.28. The zero-order chi connectivity index (χ0) is 9.31. The van der Waals surface area contributed by atoms with Crippen LogP contribution in [0.2, 0.25) is 0 Å². The SMILES string of the molecule is O=C(O)C#CC1CCCC2(CC2)C1. The van der Waals surface area contributed by atoms with Crippen molar-refractivity contribution in [1.29, 1.82) is 0 Å². The van der Waals surface area contributed by atoms with Gasteiger partial charge in [-0.3, -0.25) is 0 Å². The lowest BCUT2D eigenvalue weighted by atomic mass is 9.79. The van der Waals surface area contributed by atoms with Crippen LogP contribution in [0.5, 0.6) is 0 Å². The molecule has 2 rings (SSSR count). The lowest BCUT2D eigenvalue weighted by molar-refractivity contribution is -0.130. The molecular formula is C11H14O2. The summed E-state index contributed by atoms with van der Waals surface area (Å²) >= 11 is 0. The van der Waals surface area contributed by atoms with Crippen LogP contribution in [0.25, 0.3) is 0 Å². The number of carboxylic acid groups (broad SMARTS) is 1. The van der Waals surface area contributed by atoms with Crippen molar-refractivity contribution in [3.05, 3.63) is 0 Å². The first-order chi connectivity index (χ1) is 6.20. The molecule has 0 aromatic heterocycles. The monoisotopic (exact) mass is 178 g/mol. The molecule has 0 amide bonds. The molecule has 2 saturated carbocycles. The molecule has 13 heavy (non-hydrogen) atoms. The van der Waals surface area contributed by atoms with Gasteiger partial charge in [0.05, 0.1) is 0 Å². The van der Waals surface area contributed by atoms with Crippen molar-refractivity contribution in [1.82, 2.24) is 0 Å². The van der Waals surface area contributed by atoms with Gasteiger partial charge in [0.15, 0.2) is 0 Å². The third-order valence-electron chi connectivity index (χ3n) is 3.28. The molecule has 1 unspecified atom stereocenters. The maximum Gasteiger partial charge on any atom is 0.381 e. The summed E-state index contributed by atoms with van der Waals surface area (Å²) in [5.41, 5.74) is 0.593. The predicted molar refractivity (Wildman–Crippen MR) is 49.0 cm³/mol. The van der Waals surface area contributed by atoms with E-state index in [1.807, 2.05) is 0 Å². The predicted octanol–water partition coefficient (Wildman–Crippen LogP) is 2.04. The summed E-state index contributed by atoms with van der Waals surface area (Å²) in [4.78, 5) is 10.2. The topological polar surface area (TPSA) is 37.3 Å². The minimum Gasteiger partial charge on any atom is -0.472 e. The van der Waals surface area contributed by atoms with E-state index in [0.29, 0.717) is 11.3 Å². The minimum absolute atomic E-state index is 0.354. The highest BCUT2D eigenvalue weighted by atomic mass is 16.4. The zero-order valence-corrected chi connectivity index (χ0v) is 7.68. The minimum atomic E-state index is -0.990. The van der Waals surface area contributed by atoms with Crippen LogP contribution in [0, 0.1) is 23.2 Å². The molecule has 2 aliphatic rings.